The van der Waals surface area contributed by atoms with Crippen LogP contribution in [0.3, 0.4) is 0 Å². The summed E-state index contributed by atoms with van der Waals surface area (Å²) < 4.78 is 33.7. The Balaban J connectivity index is 1.65. The normalized spacial score (nSPS) is 12.8. The number of hydrogen-bond donors (Lipinski definition) is 7. The molecule has 0 spiro atoms. The molecule has 0 heterocycles. The smallest absolute Gasteiger partial charge is 0.245 e. The van der Waals surface area contributed by atoms with Gasteiger partial charge in [0.2, 0.25) is 11.8 Å². The zero-order valence-electron chi connectivity index (χ0n) is 26.5. The van der Waals surface area contributed by atoms with E-state index in [0.717, 1.165) is 34.4 Å². The topological polar surface area (TPSA) is 144 Å². The first kappa shape index (κ1) is 36.7. The molecule has 2 amide bonds. The van der Waals surface area contributed by atoms with Crippen molar-refractivity contribution >= 4 is 11.8 Å². The lowest BCUT2D eigenvalue weighted by atomic mass is 9.98. The maximum absolute atomic E-state index is 14.1. The second-order valence-corrected chi connectivity index (χ2v) is 11.6. The van der Waals surface area contributed by atoms with E-state index in [1.54, 1.807) is 13.8 Å². The maximum atomic E-state index is 14.1. The highest BCUT2D eigenvalue weighted by Gasteiger charge is 2.27. The Kier molecular flexibility index (Phi) is 14.7. The Morgan fingerprint density at radius 2 is 1.65 bits per heavy atom. The summed E-state index contributed by atoms with van der Waals surface area (Å²) in [5.41, 5.74) is 3.04. The molecule has 250 valence electrons. The van der Waals surface area contributed by atoms with E-state index >= 15 is 0 Å². The van der Waals surface area contributed by atoms with Crippen LogP contribution in [0.5, 0.6) is 0 Å². The van der Waals surface area contributed by atoms with Gasteiger partial charge in [0, 0.05) is 43.8 Å². The quantitative estimate of drug-likeness (QED) is 0.0781. The first-order valence-electron chi connectivity index (χ1n) is 15.2. The Hall–Kier alpha value is -3.78. The number of β-amino-alcohol motifs (C(OH)–C–C–N with tert-alkyl or cyclic N) is 1. The summed E-state index contributed by atoms with van der Waals surface area (Å²) in [4.78, 5) is 26.2. The Morgan fingerprint density at radius 3 is 2.33 bits per heavy atom. The third-order valence-electron chi connectivity index (χ3n) is 7.24. The zero-order chi connectivity index (χ0) is 33.5. The van der Waals surface area contributed by atoms with Crippen molar-refractivity contribution in [2.45, 2.75) is 57.6 Å². The summed E-state index contributed by atoms with van der Waals surface area (Å²) in [6, 6.07) is 18.2. The van der Waals surface area contributed by atoms with Gasteiger partial charge in [0.25, 0.3) is 0 Å². The highest BCUT2D eigenvalue weighted by Crippen LogP contribution is 2.24. The molecule has 0 aromatic heterocycles. The first-order valence-corrected chi connectivity index (χ1v) is 15.2. The number of nitrogens with one attached hydrogen (secondary N) is 5. The minimum Gasteiger partial charge on any atom is -0.394 e. The molecule has 0 bridgehead atoms. The molecular formula is C34H45F2N5O5. The van der Waals surface area contributed by atoms with E-state index in [0.29, 0.717) is 13.2 Å². The predicted octanol–water partition coefficient (Wildman–Crippen LogP) is 2.33. The molecule has 3 aromatic carbocycles. The fourth-order valence-corrected chi connectivity index (χ4v) is 4.69. The molecule has 0 fully saturated rings. The Labute approximate surface area is 268 Å². The Bertz CT molecular complexity index is 1390. The summed E-state index contributed by atoms with van der Waals surface area (Å²) in [6.45, 7) is 3.91. The van der Waals surface area contributed by atoms with Crippen molar-refractivity contribution in [3.05, 3.63) is 95.1 Å². The van der Waals surface area contributed by atoms with Gasteiger partial charge in [-0.15, -0.1) is 0 Å². The first-order chi connectivity index (χ1) is 22.0. The molecule has 0 radical (unpaired) electrons. The standard InChI is InChI=1S/C34H45F2N5O5/c1-34(2,40-18-26(43)19-42)15-32(44)41-31(21-46-20-28-29(35)9-6-10-30(28)36)33(45)39-16-23-11-13-24(14-12-23)27-8-5-4-7-25(27)17-38-22-37-3/h4-14,26,31,37-38,40,42-43H,15-22H2,1-3H3,(H,39,45)(H,41,44)/t26-,31+/m0/s1. The molecular weight excluding hydrogens is 596 g/mol. The number of aliphatic hydroxyl groups excluding tert-OH is 2. The van der Waals surface area contributed by atoms with Crippen LogP contribution in [-0.2, 0) is 34.0 Å². The average Bonchev–Trinajstić information content (AvgIpc) is 3.03. The third kappa shape index (κ3) is 11.9. The molecule has 3 aromatic rings. The number of ether oxygens (including phenoxy) is 1. The molecule has 0 aliphatic carbocycles. The summed E-state index contributed by atoms with van der Waals surface area (Å²) in [5.74, 6) is -2.57. The van der Waals surface area contributed by atoms with Crippen molar-refractivity contribution < 1.29 is 33.3 Å². The number of halogens is 2. The molecule has 0 saturated carbocycles. The van der Waals surface area contributed by atoms with E-state index in [-0.39, 0.29) is 31.7 Å². The van der Waals surface area contributed by atoms with E-state index in [1.807, 2.05) is 43.4 Å². The monoisotopic (exact) mass is 641 g/mol. The molecule has 7 N–H and O–H groups in total. The third-order valence-corrected chi connectivity index (χ3v) is 7.24. The van der Waals surface area contributed by atoms with Crippen LogP contribution in [0.15, 0.2) is 66.7 Å². The van der Waals surface area contributed by atoms with Crippen molar-refractivity contribution in [2.24, 2.45) is 0 Å². The van der Waals surface area contributed by atoms with Gasteiger partial charge in [-0.2, -0.15) is 0 Å². The lowest BCUT2D eigenvalue weighted by Gasteiger charge is -2.28. The fourth-order valence-electron chi connectivity index (χ4n) is 4.69. The van der Waals surface area contributed by atoms with Gasteiger partial charge in [0.05, 0.1) is 25.9 Å². The van der Waals surface area contributed by atoms with Gasteiger partial charge < -0.3 is 41.5 Å². The van der Waals surface area contributed by atoms with Crippen LogP contribution >= 0.6 is 0 Å². The highest BCUT2D eigenvalue weighted by molar-refractivity contribution is 5.88. The van der Waals surface area contributed by atoms with Crippen LogP contribution in [0, 0.1) is 11.6 Å². The molecule has 12 heteroatoms. The van der Waals surface area contributed by atoms with Crippen molar-refractivity contribution in [2.75, 3.05) is 33.5 Å². The van der Waals surface area contributed by atoms with E-state index in [1.165, 1.54) is 6.07 Å². The fraction of sp³-hybridized carbons (Fsp3) is 0.412. The summed E-state index contributed by atoms with van der Waals surface area (Å²) in [6.07, 6.45) is -1.05. The number of aliphatic hydroxyl groups is 2. The zero-order valence-corrected chi connectivity index (χ0v) is 26.5. The van der Waals surface area contributed by atoms with Crippen LogP contribution in [0.2, 0.25) is 0 Å². The van der Waals surface area contributed by atoms with Crippen molar-refractivity contribution in [1.29, 1.82) is 0 Å². The molecule has 3 rings (SSSR count). The largest absolute Gasteiger partial charge is 0.394 e. The lowest BCUT2D eigenvalue weighted by Crippen LogP contribution is -2.52. The van der Waals surface area contributed by atoms with Gasteiger partial charge in [-0.1, -0.05) is 54.6 Å². The maximum Gasteiger partial charge on any atom is 0.245 e. The number of carbonyl (C=O) groups excluding carboxylic acids is 2. The summed E-state index contributed by atoms with van der Waals surface area (Å²) in [7, 11) is 1.88. The van der Waals surface area contributed by atoms with Crippen LogP contribution < -0.4 is 26.6 Å². The lowest BCUT2D eigenvalue weighted by molar-refractivity contribution is -0.131. The molecule has 0 aliphatic rings. The second kappa shape index (κ2) is 18.4. The molecule has 0 aliphatic heterocycles. The minimum absolute atomic E-state index is 0.0651. The van der Waals surface area contributed by atoms with Gasteiger partial charge in [0.15, 0.2) is 0 Å². The number of benzene rings is 3. The van der Waals surface area contributed by atoms with Gasteiger partial charge in [-0.3, -0.25) is 9.59 Å². The SMILES string of the molecule is CNCNCc1ccccc1-c1ccc(CNC(=O)[C@@H](COCc2c(F)cccc2F)NC(=O)CC(C)(C)NC[C@H](O)CO)cc1. The van der Waals surface area contributed by atoms with E-state index < -0.39 is 54.3 Å². The van der Waals surface area contributed by atoms with Gasteiger partial charge in [-0.25, -0.2) is 8.78 Å². The molecule has 0 saturated heterocycles. The number of hydrogen-bond acceptors (Lipinski definition) is 8. The van der Waals surface area contributed by atoms with Crippen molar-refractivity contribution in [1.82, 2.24) is 26.6 Å². The minimum atomic E-state index is -1.16. The van der Waals surface area contributed by atoms with E-state index in [2.05, 4.69) is 38.7 Å². The highest BCUT2D eigenvalue weighted by atomic mass is 19.1. The van der Waals surface area contributed by atoms with Crippen LogP contribution in [0.1, 0.15) is 37.0 Å². The number of rotatable bonds is 19. The average molecular weight is 642 g/mol. The van der Waals surface area contributed by atoms with Crippen LogP contribution in [-0.4, -0.2) is 73.2 Å². The van der Waals surface area contributed by atoms with E-state index in [9.17, 15) is 23.5 Å². The predicted molar refractivity (Wildman–Crippen MR) is 172 cm³/mol. The van der Waals surface area contributed by atoms with Crippen molar-refractivity contribution in [3.63, 3.8) is 0 Å². The van der Waals surface area contributed by atoms with E-state index in [4.69, 9.17) is 9.84 Å². The number of amides is 2. The molecule has 0 unspecified atom stereocenters. The summed E-state index contributed by atoms with van der Waals surface area (Å²) in [5, 5.41) is 33.6. The molecule has 46 heavy (non-hydrogen) atoms. The molecule has 10 nitrogen and oxygen atoms in total. The van der Waals surface area contributed by atoms with Gasteiger partial charge in [-0.05, 0) is 55.3 Å². The van der Waals surface area contributed by atoms with Crippen molar-refractivity contribution in [3.8, 4) is 11.1 Å². The van der Waals surface area contributed by atoms with Crippen LogP contribution in [0.4, 0.5) is 8.78 Å². The van der Waals surface area contributed by atoms with Crippen LogP contribution in [0.25, 0.3) is 11.1 Å². The van der Waals surface area contributed by atoms with Gasteiger partial charge in [0.1, 0.15) is 17.7 Å². The molecule has 2 atom stereocenters. The number of carbonyl (C=O) groups is 2. The Morgan fingerprint density at radius 1 is 0.957 bits per heavy atom. The second-order valence-electron chi connectivity index (χ2n) is 11.6. The summed E-state index contributed by atoms with van der Waals surface area (Å²) >= 11 is 0. The van der Waals surface area contributed by atoms with Gasteiger partial charge >= 0.3 is 0 Å².